The minimum atomic E-state index is -0.770. The van der Waals surface area contributed by atoms with Gasteiger partial charge in [-0.15, -0.1) is 0 Å². The lowest BCUT2D eigenvalue weighted by Gasteiger charge is -2.16. The summed E-state index contributed by atoms with van der Waals surface area (Å²) in [7, 11) is 0. The van der Waals surface area contributed by atoms with E-state index in [0.717, 1.165) is 37.9 Å². The Kier molecular flexibility index (Phi) is 7.97. The Morgan fingerprint density at radius 2 is 2.16 bits per heavy atom. The van der Waals surface area contributed by atoms with Crippen molar-refractivity contribution >= 4 is 5.97 Å². The van der Waals surface area contributed by atoms with E-state index in [1.165, 1.54) is 0 Å². The van der Waals surface area contributed by atoms with Crippen LogP contribution in [0.15, 0.2) is 24.0 Å². The highest BCUT2D eigenvalue weighted by atomic mass is 16.5. The van der Waals surface area contributed by atoms with E-state index >= 15 is 0 Å². The van der Waals surface area contributed by atoms with Crippen LogP contribution in [0.1, 0.15) is 64.7 Å². The summed E-state index contributed by atoms with van der Waals surface area (Å²) < 4.78 is 5.94. The van der Waals surface area contributed by atoms with Crippen LogP contribution in [0.4, 0.5) is 0 Å². The summed E-state index contributed by atoms with van der Waals surface area (Å²) in [6, 6.07) is 0. The summed E-state index contributed by atoms with van der Waals surface area (Å²) in [5.74, 6) is 0.429. The van der Waals surface area contributed by atoms with Crippen LogP contribution in [0.2, 0.25) is 0 Å². The zero-order chi connectivity index (χ0) is 18.2. The van der Waals surface area contributed by atoms with Gasteiger partial charge >= 0.3 is 5.97 Å². The van der Waals surface area contributed by atoms with Gasteiger partial charge < -0.3 is 20.1 Å². The van der Waals surface area contributed by atoms with Crippen molar-refractivity contribution in [1.29, 1.82) is 0 Å². The van der Waals surface area contributed by atoms with Crippen molar-refractivity contribution in [3.05, 3.63) is 24.0 Å². The van der Waals surface area contributed by atoms with Gasteiger partial charge in [0.25, 0.3) is 0 Å². The van der Waals surface area contributed by atoms with E-state index in [0.29, 0.717) is 19.3 Å². The smallest absolute Gasteiger partial charge is 0.303 e. The van der Waals surface area contributed by atoms with E-state index in [1.54, 1.807) is 0 Å². The molecule has 0 aromatic heterocycles. The molecule has 0 amide bonds. The van der Waals surface area contributed by atoms with Crippen LogP contribution in [-0.2, 0) is 9.53 Å². The van der Waals surface area contributed by atoms with Crippen LogP contribution in [-0.4, -0.2) is 39.6 Å². The minimum absolute atomic E-state index is 0.0238. The normalized spacial score (nSPS) is 31.4. The molecule has 5 heteroatoms. The number of allylic oxidation sites excluding steroid dienone is 2. The molecule has 3 N–H and O–H groups in total. The summed E-state index contributed by atoms with van der Waals surface area (Å²) in [6.07, 6.45) is 12.0. The predicted octanol–water partition coefficient (Wildman–Crippen LogP) is 3.41. The first-order valence-electron chi connectivity index (χ1n) is 9.63. The topological polar surface area (TPSA) is 87.0 Å². The maximum absolute atomic E-state index is 10.5. The maximum atomic E-state index is 10.5. The molecule has 1 saturated carbocycles. The highest BCUT2D eigenvalue weighted by Gasteiger charge is 2.46. The summed E-state index contributed by atoms with van der Waals surface area (Å²) in [5.41, 5.74) is 0. The fourth-order valence-electron chi connectivity index (χ4n) is 3.86. The molecule has 1 saturated heterocycles. The Labute approximate surface area is 150 Å². The Balaban J connectivity index is 1.83. The van der Waals surface area contributed by atoms with E-state index in [2.05, 4.69) is 6.92 Å². The molecule has 0 aromatic carbocycles. The molecule has 1 aliphatic heterocycles. The number of aliphatic carboxylic acids is 1. The maximum Gasteiger partial charge on any atom is 0.303 e. The van der Waals surface area contributed by atoms with Crippen molar-refractivity contribution in [3.63, 3.8) is 0 Å². The van der Waals surface area contributed by atoms with Gasteiger partial charge in [-0.05, 0) is 25.3 Å². The zero-order valence-electron chi connectivity index (χ0n) is 15.1. The number of carboxylic acids is 1. The van der Waals surface area contributed by atoms with Crippen molar-refractivity contribution in [3.8, 4) is 0 Å². The number of fused-ring (bicyclic) bond motifs is 1. The second-order valence-corrected chi connectivity index (χ2v) is 7.31. The van der Waals surface area contributed by atoms with Gasteiger partial charge in [-0.2, -0.15) is 0 Å². The summed E-state index contributed by atoms with van der Waals surface area (Å²) in [4.78, 5) is 10.5. The number of rotatable bonds is 10. The molecule has 0 aromatic rings. The van der Waals surface area contributed by atoms with Crippen molar-refractivity contribution in [2.24, 2.45) is 11.8 Å². The lowest BCUT2D eigenvalue weighted by Crippen LogP contribution is -2.18. The Hall–Kier alpha value is -1.33. The highest BCUT2D eigenvalue weighted by molar-refractivity contribution is 5.66. The van der Waals surface area contributed by atoms with Crippen molar-refractivity contribution in [1.82, 2.24) is 0 Å². The van der Waals surface area contributed by atoms with E-state index < -0.39 is 18.2 Å². The molecule has 2 aliphatic rings. The summed E-state index contributed by atoms with van der Waals surface area (Å²) in [5, 5.41) is 29.0. The molecule has 0 spiro atoms. The van der Waals surface area contributed by atoms with Gasteiger partial charge in [-0.3, -0.25) is 4.79 Å². The van der Waals surface area contributed by atoms with Crippen LogP contribution >= 0.6 is 0 Å². The third-order valence-electron chi connectivity index (χ3n) is 5.26. The molecule has 0 bridgehead atoms. The first kappa shape index (κ1) is 20.0. The molecular weight excluding hydrogens is 320 g/mol. The van der Waals surface area contributed by atoms with Crippen LogP contribution in [0.3, 0.4) is 0 Å². The monoisotopic (exact) mass is 352 g/mol. The van der Waals surface area contributed by atoms with Gasteiger partial charge in [0.15, 0.2) is 0 Å². The summed E-state index contributed by atoms with van der Waals surface area (Å²) in [6.45, 7) is 2.14. The number of aliphatic hydroxyl groups excluding tert-OH is 2. The molecule has 1 heterocycles. The Morgan fingerprint density at radius 1 is 1.36 bits per heavy atom. The second-order valence-electron chi connectivity index (χ2n) is 7.31. The predicted molar refractivity (Wildman–Crippen MR) is 96.0 cm³/mol. The van der Waals surface area contributed by atoms with Crippen LogP contribution < -0.4 is 0 Å². The highest BCUT2D eigenvalue weighted by Crippen LogP contribution is 2.45. The zero-order valence-corrected chi connectivity index (χ0v) is 15.1. The second kappa shape index (κ2) is 9.97. The Morgan fingerprint density at radius 3 is 2.88 bits per heavy atom. The van der Waals surface area contributed by atoms with Crippen molar-refractivity contribution in [2.75, 3.05) is 0 Å². The molecule has 2 rings (SSSR count). The number of unbranched alkanes of at least 4 members (excludes halogenated alkanes) is 3. The molecule has 2 fully saturated rings. The number of hydrogen-bond donors (Lipinski definition) is 3. The lowest BCUT2D eigenvalue weighted by molar-refractivity contribution is -0.137. The molecule has 5 nitrogen and oxygen atoms in total. The van der Waals surface area contributed by atoms with Gasteiger partial charge in [-0.25, -0.2) is 0 Å². The van der Waals surface area contributed by atoms with Gasteiger partial charge in [-0.1, -0.05) is 38.3 Å². The van der Waals surface area contributed by atoms with E-state index in [1.807, 2.05) is 18.2 Å². The average molecular weight is 352 g/mol. The molecule has 0 radical (unpaired) electrons. The fourth-order valence-corrected chi connectivity index (χ4v) is 3.86. The quantitative estimate of drug-likeness (QED) is 0.414. The van der Waals surface area contributed by atoms with Crippen LogP contribution in [0, 0.1) is 11.8 Å². The molecule has 5 atom stereocenters. The van der Waals surface area contributed by atoms with E-state index in [-0.39, 0.29) is 24.4 Å². The molecule has 0 unspecified atom stereocenters. The standard InChI is InChI=1S/C20H32O5/c1-2-3-4-7-14(21)10-11-16-17-12-15(8-5-6-9-20(23)24)25-19(17)13-18(16)22/h8,10-11,14,16-19,21-22H,2-7,9,12-13H2,1H3,(H,23,24)/b11-10+,15-8-/t14-,16-,17+,18+,19+/m0/s1. The van der Waals surface area contributed by atoms with Gasteiger partial charge in [0.05, 0.1) is 18.0 Å². The Bertz CT molecular complexity index is 484. The van der Waals surface area contributed by atoms with Crippen molar-refractivity contribution in [2.45, 2.75) is 83.0 Å². The molecule has 25 heavy (non-hydrogen) atoms. The van der Waals surface area contributed by atoms with E-state index in [4.69, 9.17) is 9.84 Å². The third kappa shape index (κ3) is 6.15. The number of ether oxygens (including phenoxy) is 1. The first-order chi connectivity index (χ1) is 12.0. The third-order valence-corrected chi connectivity index (χ3v) is 5.26. The number of carboxylic acid groups (broad SMARTS) is 1. The molecule has 142 valence electrons. The first-order valence-corrected chi connectivity index (χ1v) is 9.63. The SMILES string of the molecule is CCCCC[C@H](O)/C=C/[C@H]1[C@H]2C/C(=C/CCCC(=O)O)O[C@@H]2C[C@H]1O. The van der Waals surface area contributed by atoms with Crippen molar-refractivity contribution < 1.29 is 24.9 Å². The number of aliphatic hydroxyl groups is 2. The molecular formula is C20H32O5. The van der Waals surface area contributed by atoms with Crippen LogP contribution in [0.5, 0.6) is 0 Å². The number of carbonyl (C=O) groups is 1. The summed E-state index contributed by atoms with van der Waals surface area (Å²) >= 11 is 0. The van der Waals surface area contributed by atoms with Gasteiger partial charge in [0.2, 0.25) is 0 Å². The largest absolute Gasteiger partial charge is 0.495 e. The van der Waals surface area contributed by atoms with E-state index in [9.17, 15) is 15.0 Å². The van der Waals surface area contributed by atoms with Gasteiger partial charge in [0.1, 0.15) is 6.10 Å². The molecule has 1 aliphatic carbocycles. The average Bonchev–Trinajstić information content (AvgIpc) is 3.06. The van der Waals surface area contributed by atoms with Gasteiger partial charge in [0, 0.05) is 31.1 Å². The number of hydrogen-bond acceptors (Lipinski definition) is 4. The fraction of sp³-hybridized carbons (Fsp3) is 0.750. The minimum Gasteiger partial charge on any atom is -0.495 e. The lowest BCUT2D eigenvalue weighted by atomic mass is 9.90. The van der Waals surface area contributed by atoms with Crippen LogP contribution in [0.25, 0.3) is 0 Å².